The first-order chi connectivity index (χ1) is 8.13. The van der Waals surface area contributed by atoms with E-state index in [1.807, 2.05) is 0 Å². The highest BCUT2D eigenvalue weighted by Crippen LogP contribution is 2.20. The van der Waals surface area contributed by atoms with Gasteiger partial charge in [-0.15, -0.1) is 0 Å². The number of benzene rings is 1. The van der Waals surface area contributed by atoms with Gasteiger partial charge in [0.1, 0.15) is 6.10 Å². The molecule has 0 aliphatic heterocycles. The second-order valence-corrected chi connectivity index (χ2v) is 4.21. The van der Waals surface area contributed by atoms with E-state index in [1.165, 1.54) is 6.07 Å². The molecular formula is C12H13NO3S. The van der Waals surface area contributed by atoms with Gasteiger partial charge in [0, 0.05) is 28.9 Å². The highest BCUT2D eigenvalue weighted by Gasteiger charge is 2.17. The Morgan fingerprint density at radius 3 is 2.76 bits per heavy atom. The van der Waals surface area contributed by atoms with Gasteiger partial charge in [-0.05, 0) is 17.7 Å². The zero-order valence-corrected chi connectivity index (χ0v) is 9.89. The largest absolute Gasteiger partial charge is 0.389 e. The summed E-state index contributed by atoms with van der Waals surface area (Å²) in [4.78, 5) is 14.4. The third kappa shape index (κ3) is 2.36. The number of rotatable bonds is 3. The van der Waals surface area contributed by atoms with E-state index >= 15 is 0 Å². The molecule has 17 heavy (non-hydrogen) atoms. The average Bonchev–Trinajstić information content (AvgIpc) is 2.37. The van der Waals surface area contributed by atoms with E-state index in [1.54, 1.807) is 24.4 Å². The van der Waals surface area contributed by atoms with Crippen LogP contribution >= 0.6 is 12.6 Å². The fourth-order valence-corrected chi connectivity index (χ4v) is 1.90. The SMILES string of the molecule is O=c1cc[nH]c2cc(C(O)C(O)CS)ccc12. The van der Waals surface area contributed by atoms with Crippen molar-refractivity contribution in [3.63, 3.8) is 0 Å². The molecule has 0 aliphatic carbocycles. The molecule has 0 fully saturated rings. The number of pyridine rings is 1. The van der Waals surface area contributed by atoms with E-state index in [0.717, 1.165) is 0 Å². The van der Waals surface area contributed by atoms with Crippen molar-refractivity contribution >= 4 is 23.5 Å². The summed E-state index contributed by atoms with van der Waals surface area (Å²) in [7, 11) is 0. The summed E-state index contributed by atoms with van der Waals surface area (Å²) in [5.74, 6) is 0.171. The number of hydrogen-bond donors (Lipinski definition) is 4. The van der Waals surface area contributed by atoms with Gasteiger partial charge < -0.3 is 15.2 Å². The lowest BCUT2D eigenvalue weighted by Crippen LogP contribution is -2.19. The predicted molar refractivity (Wildman–Crippen MR) is 69.4 cm³/mol. The molecule has 1 heterocycles. The van der Waals surface area contributed by atoms with Crippen LogP contribution in [-0.4, -0.2) is 27.1 Å². The van der Waals surface area contributed by atoms with Crippen LogP contribution in [0.15, 0.2) is 35.3 Å². The number of thiol groups is 1. The van der Waals surface area contributed by atoms with E-state index in [2.05, 4.69) is 17.6 Å². The molecule has 1 aromatic carbocycles. The van der Waals surface area contributed by atoms with Crippen molar-refractivity contribution < 1.29 is 10.2 Å². The maximum absolute atomic E-state index is 11.5. The highest BCUT2D eigenvalue weighted by molar-refractivity contribution is 7.80. The Balaban J connectivity index is 2.48. The zero-order chi connectivity index (χ0) is 12.4. The third-order valence-corrected chi connectivity index (χ3v) is 3.05. The van der Waals surface area contributed by atoms with E-state index in [-0.39, 0.29) is 11.2 Å². The van der Waals surface area contributed by atoms with E-state index in [4.69, 9.17) is 0 Å². The van der Waals surface area contributed by atoms with Gasteiger partial charge in [-0.25, -0.2) is 0 Å². The molecule has 3 N–H and O–H groups in total. The molecule has 0 saturated carbocycles. The smallest absolute Gasteiger partial charge is 0.189 e. The summed E-state index contributed by atoms with van der Waals surface area (Å²) in [6.45, 7) is 0. The van der Waals surface area contributed by atoms with Crippen LogP contribution in [0.3, 0.4) is 0 Å². The Bertz CT molecular complexity index is 581. The van der Waals surface area contributed by atoms with Crippen LogP contribution in [0.1, 0.15) is 11.7 Å². The topological polar surface area (TPSA) is 73.3 Å². The van der Waals surface area contributed by atoms with Crippen molar-refractivity contribution in [3.05, 3.63) is 46.2 Å². The molecule has 2 atom stereocenters. The Hall–Kier alpha value is -1.30. The normalized spacial score (nSPS) is 14.8. The quantitative estimate of drug-likeness (QED) is 0.611. The summed E-state index contributed by atoms with van der Waals surface area (Å²) in [6, 6.07) is 6.38. The number of hydrogen-bond acceptors (Lipinski definition) is 4. The second-order valence-electron chi connectivity index (χ2n) is 3.84. The Kier molecular flexibility index (Phi) is 3.51. The molecule has 0 saturated heterocycles. The third-order valence-electron chi connectivity index (χ3n) is 2.68. The molecule has 4 nitrogen and oxygen atoms in total. The molecule has 0 bridgehead atoms. The number of H-pyrrole nitrogens is 1. The van der Waals surface area contributed by atoms with Crippen molar-refractivity contribution in [2.45, 2.75) is 12.2 Å². The van der Waals surface area contributed by atoms with Gasteiger partial charge in [0.15, 0.2) is 5.43 Å². The average molecular weight is 251 g/mol. The Morgan fingerprint density at radius 1 is 1.29 bits per heavy atom. The van der Waals surface area contributed by atoms with Gasteiger partial charge in [0.2, 0.25) is 0 Å². The first-order valence-electron chi connectivity index (χ1n) is 5.22. The number of aliphatic hydroxyl groups excluding tert-OH is 2. The van der Waals surface area contributed by atoms with Crippen molar-refractivity contribution in [2.24, 2.45) is 0 Å². The van der Waals surface area contributed by atoms with Crippen LogP contribution in [0.5, 0.6) is 0 Å². The monoisotopic (exact) mass is 251 g/mol. The Morgan fingerprint density at radius 2 is 2.06 bits per heavy atom. The van der Waals surface area contributed by atoms with Crippen LogP contribution < -0.4 is 5.43 Å². The van der Waals surface area contributed by atoms with Gasteiger partial charge >= 0.3 is 0 Å². The van der Waals surface area contributed by atoms with Gasteiger partial charge in [-0.1, -0.05) is 6.07 Å². The lowest BCUT2D eigenvalue weighted by atomic mass is 10.0. The standard InChI is InChI=1S/C12H13NO3S/c14-10-3-4-13-9-5-7(1-2-8(9)10)12(16)11(15)6-17/h1-5,11-12,15-17H,6H2,(H,13,14). The maximum atomic E-state index is 11.5. The summed E-state index contributed by atoms with van der Waals surface area (Å²) in [5, 5.41) is 19.9. The molecule has 2 rings (SSSR count). The minimum Gasteiger partial charge on any atom is -0.389 e. The molecule has 2 aromatic rings. The lowest BCUT2D eigenvalue weighted by molar-refractivity contribution is 0.0338. The van der Waals surface area contributed by atoms with Crippen molar-refractivity contribution in [1.82, 2.24) is 4.98 Å². The second kappa shape index (κ2) is 4.91. The number of aromatic nitrogens is 1. The molecule has 1 aromatic heterocycles. The van der Waals surface area contributed by atoms with Gasteiger partial charge in [-0.3, -0.25) is 4.79 Å². The summed E-state index contributed by atoms with van der Waals surface area (Å²) in [6.07, 6.45) is -0.373. The summed E-state index contributed by atoms with van der Waals surface area (Å²) < 4.78 is 0. The number of nitrogens with one attached hydrogen (secondary N) is 1. The van der Waals surface area contributed by atoms with Gasteiger partial charge in [0.05, 0.1) is 6.10 Å². The Labute approximate surface area is 103 Å². The van der Waals surface area contributed by atoms with Crippen molar-refractivity contribution in [3.8, 4) is 0 Å². The van der Waals surface area contributed by atoms with Crippen LogP contribution in [-0.2, 0) is 0 Å². The molecule has 0 radical (unpaired) electrons. The number of fused-ring (bicyclic) bond motifs is 1. The molecule has 90 valence electrons. The predicted octanol–water partition coefficient (Wildman–Crippen LogP) is 0.852. The zero-order valence-electron chi connectivity index (χ0n) is 9.00. The number of aliphatic hydroxyl groups is 2. The summed E-state index contributed by atoms with van der Waals surface area (Å²) in [5.41, 5.74) is 1.12. The molecule has 5 heteroatoms. The van der Waals surface area contributed by atoms with Gasteiger partial charge in [-0.2, -0.15) is 12.6 Å². The van der Waals surface area contributed by atoms with E-state index in [9.17, 15) is 15.0 Å². The van der Waals surface area contributed by atoms with Gasteiger partial charge in [0.25, 0.3) is 0 Å². The van der Waals surface area contributed by atoms with Crippen LogP contribution in [0.25, 0.3) is 10.9 Å². The van der Waals surface area contributed by atoms with Crippen LogP contribution in [0.2, 0.25) is 0 Å². The molecular weight excluding hydrogens is 238 g/mol. The van der Waals surface area contributed by atoms with Crippen molar-refractivity contribution in [1.29, 1.82) is 0 Å². The van der Waals surface area contributed by atoms with Crippen molar-refractivity contribution in [2.75, 3.05) is 5.75 Å². The summed E-state index contributed by atoms with van der Waals surface area (Å²) >= 11 is 3.93. The number of aromatic amines is 1. The first kappa shape index (κ1) is 12.2. The molecule has 2 unspecified atom stereocenters. The minimum absolute atomic E-state index is 0.0745. The maximum Gasteiger partial charge on any atom is 0.189 e. The fraction of sp³-hybridized carbons (Fsp3) is 0.250. The molecule has 0 spiro atoms. The first-order valence-corrected chi connectivity index (χ1v) is 5.85. The van der Waals surface area contributed by atoms with E-state index in [0.29, 0.717) is 16.5 Å². The van der Waals surface area contributed by atoms with Crippen LogP contribution in [0.4, 0.5) is 0 Å². The lowest BCUT2D eigenvalue weighted by Gasteiger charge is -2.16. The minimum atomic E-state index is -0.999. The molecule has 0 amide bonds. The van der Waals surface area contributed by atoms with Crippen LogP contribution in [0, 0.1) is 0 Å². The molecule has 0 aliphatic rings. The highest BCUT2D eigenvalue weighted by atomic mass is 32.1. The fourth-order valence-electron chi connectivity index (χ4n) is 1.70. The van der Waals surface area contributed by atoms with E-state index < -0.39 is 12.2 Å².